The molecule has 0 bridgehead atoms. The zero-order valence-electron chi connectivity index (χ0n) is 8.19. The molecule has 0 amide bonds. The van der Waals surface area contributed by atoms with Gasteiger partial charge in [0.25, 0.3) is 5.78 Å². The number of hydrogen-bond acceptors (Lipinski definition) is 2. The van der Waals surface area contributed by atoms with Crippen LogP contribution in [-0.4, -0.2) is 18.3 Å². The first-order valence-corrected chi connectivity index (χ1v) is 4.17. The van der Waals surface area contributed by atoms with Crippen molar-refractivity contribution in [2.75, 3.05) is 0 Å². The van der Waals surface area contributed by atoms with Crippen LogP contribution < -0.4 is 4.74 Å². The lowest BCUT2D eigenvalue weighted by molar-refractivity contribution is -0.275. The Labute approximate surface area is 95.0 Å². The summed E-state index contributed by atoms with van der Waals surface area (Å²) >= 11 is 0. The van der Waals surface area contributed by atoms with Crippen LogP contribution in [0.2, 0.25) is 0 Å². The van der Waals surface area contributed by atoms with E-state index in [1.54, 1.807) is 0 Å². The van der Waals surface area contributed by atoms with Crippen LogP contribution in [0.25, 0.3) is 0 Å². The normalized spacial score (nSPS) is 12.4. The molecular weight excluding hydrogens is 273 g/mol. The van der Waals surface area contributed by atoms with Crippen LogP contribution in [0.3, 0.4) is 0 Å². The van der Waals surface area contributed by atoms with Crippen molar-refractivity contribution < 1.29 is 40.3 Å². The molecule has 0 saturated heterocycles. The minimum absolute atomic E-state index is 0.0247. The van der Waals surface area contributed by atoms with Gasteiger partial charge in [-0.3, -0.25) is 4.79 Å². The van der Waals surface area contributed by atoms with Crippen LogP contribution in [0.15, 0.2) is 18.2 Å². The molecule has 0 aliphatic carbocycles. The van der Waals surface area contributed by atoms with Gasteiger partial charge in [-0.05, 0) is 18.2 Å². The Kier molecular flexibility index (Phi) is 3.54. The Morgan fingerprint density at radius 1 is 1.06 bits per heavy atom. The van der Waals surface area contributed by atoms with Crippen LogP contribution in [-0.2, 0) is 0 Å². The number of benzene rings is 1. The Balaban J connectivity index is 3.04. The first kappa shape index (κ1) is 14.3. The highest BCUT2D eigenvalue weighted by Crippen LogP contribution is 2.28. The summed E-state index contributed by atoms with van der Waals surface area (Å²) in [6.07, 6.45) is -10.4. The average molecular weight is 276 g/mol. The fraction of sp³-hybridized carbons (Fsp3) is 0.222. The monoisotopic (exact) mass is 276 g/mol. The van der Waals surface area contributed by atoms with Gasteiger partial charge in [-0.1, -0.05) is 0 Å². The van der Waals surface area contributed by atoms with Crippen molar-refractivity contribution in [2.24, 2.45) is 0 Å². The molecule has 100 valence electrons. The molecule has 9 heteroatoms. The van der Waals surface area contributed by atoms with Gasteiger partial charge in [-0.2, -0.15) is 13.2 Å². The summed E-state index contributed by atoms with van der Waals surface area (Å²) < 4.78 is 87.2. The molecule has 0 atom stereocenters. The Hall–Kier alpha value is -1.80. The maximum Gasteiger partial charge on any atom is 0.573 e. The van der Waals surface area contributed by atoms with E-state index in [1.807, 2.05) is 0 Å². The number of alkyl halides is 6. The van der Waals surface area contributed by atoms with Crippen molar-refractivity contribution in [1.29, 1.82) is 0 Å². The van der Waals surface area contributed by atoms with Gasteiger partial charge in [0, 0.05) is 5.56 Å². The van der Waals surface area contributed by atoms with E-state index in [1.165, 1.54) is 0 Å². The standard InChI is InChI=1S/C9H3F7O2/c10-5-3-4(7(17)8(11,12)13)1-2-6(5)18-9(14,15)16/h1-3H. The van der Waals surface area contributed by atoms with Gasteiger partial charge in [0.2, 0.25) is 0 Å². The lowest BCUT2D eigenvalue weighted by Gasteiger charge is -2.10. The lowest BCUT2D eigenvalue weighted by Crippen LogP contribution is -2.23. The number of carbonyl (C=O) groups is 1. The number of ether oxygens (including phenoxy) is 1. The van der Waals surface area contributed by atoms with Crippen LogP contribution in [0.4, 0.5) is 30.7 Å². The molecule has 0 aliphatic rings. The fourth-order valence-electron chi connectivity index (χ4n) is 1.01. The first-order valence-electron chi connectivity index (χ1n) is 4.17. The average Bonchev–Trinajstić information content (AvgIpc) is 2.16. The zero-order valence-corrected chi connectivity index (χ0v) is 8.19. The number of rotatable bonds is 2. The first-order chi connectivity index (χ1) is 8.00. The zero-order chi connectivity index (χ0) is 14.1. The van der Waals surface area contributed by atoms with Crippen LogP contribution in [0, 0.1) is 5.82 Å². The second-order valence-corrected chi connectivity index (χ2v) is 3.02. The molecule has 0 fully saturated rings. The van der Waals surface area contributed by atoms with Crippen molar-refractivity contribution in [2.45, 2.75) is 12.5 Å². The van der Waals surface area contributed by atoms with Gasteiger partial charge in [0.15, 0.2) is 11.6 Å². The Bertz CT molecular complexity index is 461. The Morgan fingerprint density at radius 2 is 1.61 bits per heavy atom. The van der Waals surface area contributed by atoms with E-state index in [0.717, 1.165) is 0 Å². The summed E-state index contributed by atoms with van der Waals surface area (Å²) in [7, 11) is 0. The minimum Gasteiger partial charge on any atom is -0.403 e. The van der Waals surface area contributed by atoms with Gasteiger partial charge in [-0.25, -0.2) is 4.39 Å². The molecule has 0 unspecified atom stereocenters. The van der Waals surface area contributed by atoms with Gasteiger partial charge in [0.1, 0.15) is 0 Å². The third kappa shape index (κ3) is 3.60. The highest BCUT2D eigenvalue weighted by Gasteiger charge is 2.40. The smallest absolute Gasteiger partial charge is 0.403 e. The maximum absolute atomic E-state index is 13.0. The van der Waals surface area contributed by atoms with E-state index < -0.39 is 35.5 Å². The molecule has 0 radical (unpaired) electrons. The number of hydrogen-bond donors (Lipinski definition) is 0. The SMILES string of the molecule is O=C(c1ccc(OC(F)(F)F)c(F)c1)C(F)(F)F. The summed E-state index contributed by atoms with van der Waals surface area (Å²) in [4.78, 5) is 10.7. The molecule has 1 rings (SSSR count). The summed E-state index contributed by atoms with van der Waals surface area (Å²) in [5.74, 6) is -5.40. The number of ketones is 1. The third-order valence-electron chi connectivity index (χ3n) is 1.68. The molecule has 0 saturated carbocycles. The molecule has 18 heavy (non-hydrogen) atoms. The largest absolute Gasteiger partial charge is 0.573 e. The minimum atomic E-state index is -5.24. The number of Topliss-reactive ketones (excluding diaryl/α,β-unsaturated/α-hetero) is 1. The molecule has 2 nitrogen and oxygen atoms in total. The van der Waals surface area contributed by atoms with Gasteiger partial charge in [0.05, 0.1) is 0 Å². The lowest BCUT2D eigenvalue weighted by atomic mass is 10.1. The fourth-order valence-corrected chi connectivity index (χ4v) is 1.01. The molecule has 1 aromatic rings. The quantitative estimate of drug-likeness (QED) is 0.610. The topological polar surface area (TPSA) is 26.3 Å². The van der Waals surface area contributed by atoms with Crippen molar-refractivity contribution in [3.05, 3.63) is 29.6 Å². The van der Waals surface area contributed by atoms with Crippen molar-refractivity contribution in [3.63, 3.8) is 0 Å². The van der Waals surface area contributed by atoms with Gasteiger partial charge < -0.3 is 4.74 Å². The van der Waals surface area contributed by atoms with E-state index in [0.29, 0.717) is 12.1 Å². The van der Waals surface area contributed by atoms with E-state index >= 15 is 0 Å². The van der Waals surface area contributed by atoms with Crippen LogP contribution in [0.5, 0.6) is 5.75 Å². The van der Waals surface area contributed by atoms with Crippen molar-refractivity contribution in [1.82, 2.24) is 0 Å². The molecule has 0 spiro atoms. The van der Waals surface area contributed by atoms with E-state index in [9.17, 15) is 35.5 Å². The predicted molar refractivity (Wildman–Crippen MR) is 43.5 cm³/mol. The number of carbonyl (C=O) groups excluding carboxylic acids is 1. The summed E-state index contributed by atoms with van der Waals surface area (Å²) in [6.45, 7) is 0. The van der Waals surface area contributed by atoms with E-state index in [-0.39, 0.29) is 6.07 Å². The number of halogens is 7. The van der Waals surface area contributed by atoms with E-state index in [2.05, 4.69) is 4.74 Å². The van der Waals surface area contributed by atoms with Gasteiger partial charge in [-0.15, -0.1) is 13.2 Å². The van der Waals surface area contributed by atoms with Crippen LogP contribution >= 0.6 is 0 Å². The molecule has 0 N–H and O–H groups in total. The summed E-state index contributed by atoms with van der Waals surface area (Å²) in [5.41, 5.74) is -1.12. The molecule has 0 aliphatic heterocycles. The molecule has 0 heterocycles. The van der Waals surface area contributed by atoms with Crippen molar-refractivity contribution >= 4 is 5.78 Å². The third-order valence-corrected chi connectivity index (χ3v) is 1.68. The molecule has 1 aromatic carbocycles. The maximum atomic E-state index is 13.0. The van der Waals surface area contributed by atoms with Crippen molar-refractivity contribution in [3.8, 4) is 5.75 Å². The molecule has 0 aromatic heterocycles. The predicted octanol–water partition coefficient (Wildman–Crippen LogP) is 3.47. The van der Waals surface area contributed by atoms with Gasteiger partial charge >= 0.3 is 12.5 Å². The Morgan fingerprint density at radius 3 is 2.00 bits per heavy atom. The second kappa shape index (κ2) is 4.46. The molecular formula is C9H3F7O2. The second-order valence-electron chi connectivity index (χ2n) is 3.02. The van der Waals surface area contributed by atoms with E-state index in [4.69, 9.17) is 0 Å². The summed E-state index contributed by atoms with van der Waals surface area (Å²) in [6, 6.07) is 0.707. The van der Waals surface area contributed by atoms with Crippen LogP contribution in [0.1, 0.15) is 10.4 Å². The highest BCUT2D eigenvalue weighted by atomic mass is 19.4. The summed E-state index contributed by atoms with van der Waals surface area (Å²) in [5, 5.41) is 0. The highest BCUT2D eigenvalue weighted by molar-refractivity contribution is 6.00.